The van der Waals surface area contributed by atoms with Gasteiger partial charge in [0, 0.05) is 69.4 Å². The predicted molar refractivity (Wildman–Crippen MR) is 262 cm³/mol. The van der Waals surface area contributed by atoms with E-state index < -0.39 is 71.1 Å². The van der Waals surface area contributed by atoms with Crippen LogP contribution in [0.5, 0.6) is 17.2 Å². The van der Waals surface area contributed by atoms with Gasteiger partial charge in [-0.05, 0) is 56.6 Å². The number of nitrogens with one attached hydrogen (secondary N) is 5. The van der Waals surface area contributed by atoms with Crippen LogP contribution in [0.4, 0.5) is 0 Å². The summed E-state index contributed by atoms with van der Waals surface area (Å²) in [5, 5.41) is 36.2. The van der Waals surface area contributed by atoms with Crippen molar-refractivity contribution >= 4 is 58.8 Å². The van der Waals surface area contributed by atoms with E-state index in [0.29, 0.717) is 30.0 Å². The number of hydrogen-bond acceptors (Lipinski definition) is 14. The van der Waals surface area contributed by atoms with Crippen LogP contribution in [-0.4, -0.2) is 140 Å². The maximum Gasteiger partial charge on any atom is 0.269 e. The first-order chi connectivity index (χ1) is 33.3. The number of hydrogen-bond donors (Lipinski definition) is 7. The number of aromatic nitrogens is 1. The number of ether oxygens (including phenoxy) is 2. The van der Waals surface area contributed by atoms with E-state index in [0.717, 1.165) is 0 Å². The number of aromatic hydroxyl groups is 2. The molecule has 6 amide bonds. The Hall–Kier alpha value is -6.54. The Labute approximate surface area is 408 Å². The molecule has 1 aliphatic heterocycles. The zero-order valence-corrected chi connectivity index (χ0v) is 42.2. The van der Waals surface area contributed by atoms with Gasteiger partial charge in [0.1, 0.15) is 29.0 Å². The maximum atomic E-state index is 13.5. The first kappa shape index (κ1) is 58.6. The van der Waals surface area contributed by atoms with Crippen molar-refractivity contribution in [3.05, 3.63) is 75.5 Å². The normalized spacial score (nSPS) is 14.8. The number of pyridine rings is 1. The quantitative estimate of drug-likeness (QED) is 0.0509. The van der Waals surface area contributed by atoms with Crippen molar-refractivity contribution in [2.45, 2.75) is 91.1 Å². The number of likely N-dealkylation sites (tertiary alicyclic amines) is 1. The summed E-state index contributed by atoms with van der Waals surface area (Å²) in [6, 6.07) is 8.78. The second-order valence-electron chi connectivity index (χ2n) is 14.7. The van der Waals surface area contributed by atoms with Gasteiger partial charge in [-0.25, -0.2) is 4.98 Å². The molecule has 20 heteroatoms. The Morgan fingerprint density at radius 3 is 1.99 bits per heavy atom. The number of carbonyl (C=O) groups excluding carboxylic acids is 8. The summed E-state index contributed by atoms with van der Waals surface area (Å²) in [6.45, 7) is 11.7. The third kappa shape index (κ3) is 15.2. The number of benzene rings is 2. The lowest BCUT2D eigenvalue weighted by Gasteiger charge is -2.29. The number of methoxy groups -OCH3 is 2. The maximum absolute atomic E-state index is 13.5. The molecule has 1 unspecified atom stereocenters. The number of nitrogens with zero attached hydrogens (tertiary/aromatic N) is 2. The fourth-order valence-electron chi connectivity index (χ4n) is 7.64. The number of thioether (sulfide) groups is 1. The van der Waals surface area contributed by atoms with E-state index in [1.54, 1.807) is 38.5 Å². The van der Waals surface area contributed by atoms with Gasteiger partial charge in [-0.3, -0.25) is 38.4 Å². The zero-order chi connectivity index (χ0) is 51.8. The molecule has 6 rings (SSSR count). The summed E-state index contributed by atoms with van der Waals surface area (Å²) >= 11 is 1.39. The fraction of sp³-hybridized carbons (Fsp3) is 0.490. The van der Waals surface area contributed by atoms with Gasteiger partial charge in [-0.2, -0.15) is 0 Å². The molecular weight excluding hydrogens is 911 g/mol. The summed E-state index contributed by atoms with van der Waals surface area (Å²) in [7, 11) is 4.61. The topological polar surface area (TPSA) is 272 Å². The second kappa shape index (κ2) is 30.1. The number of phenols is 2. The molecule has 19 nitrogen and oxygen atoms in total. The molecule has 1 aromatic heterocycles. The molecule has 0 bridgehead atoms. The van der Waals surface area contributed by atoms with E-state index in [2.05, 4.69) is 36.3 Å². The van der Waals surface area contributed by atoms with Gasteiger partial charge in [0.25, 0.3) is 5.91 Å². The summed E-state index contributed by atoms with van der Waals surface area (Å²) in [4.78, 5) is 109. The number of rotatable bonds is 15. The molecule has 1 fully saturated rings. The Bertz CT molecular complexity index is 2290. The van der Waals surface area contributed by atoms with Crippen LogP contribution in [0, 0.1) is 5.92 Å². The molecule has 3 aromatic rings. The molecule has 0 radical (unpaired) electrons. The van der Waals surface area contributed by atoms with Crippen LogP contribution >= 0.6 is 11.8 Å². The van der Waals surface area contributed by atoms with Crippen molar-refractivity contribution in [2.75, 3.05) is 66.9 Å². The van der Waals surface area contributed by atoms with Gasteiger partial charge < -0.3 is 51.2 Å². The van der Waals surface area contributed by atoms with Crippen LogP contribution in [0.15, 0.2) is 41.4 Å². The summed E-state index contributed by atoms with van der Waals surface area (Å²) < 4.78 is 9.53. The largest absolute Gasteiger partial charge is 0.507 e. The van der Waals surface area contributed by atoms with Crippen LogP contribution < -0.4 is 31.3 Å². The van der Waals surface area contributed by atoms with Crippen molar-refractivity contribution < 1.29 is 58.0 Å². The molecule has 2 heterocycles. The summed E-state index contributed by atoms with van der Waals surface area (Å²) in [5.74, 6) is -5.41. The van der Waals surface area contributed by atoms with E-state index in [4.69, 9.17) is 4.74 Å². The van der Waals surface area contributed by atoms with Crippen LogP contribution in [0.25, 0.3) is 0 Å². The van der Waals surface area contributed by atoms with Gasteiger partial charge >= 0.3 is 0 Å². The molecule has 378 valence electrons. The molecule has 2 atom stereocenters. The highest BCUT2D eigenvalue weighted by atomic mass is 32.2. The standard InChI is InChI=1S/C41H45N7O11S.C2H6O.3C2H6/c1-59-27-9-3-6-23-32(27)38(55)34-33(36(23)53)37(54)24-18-21(11-12-22(24)35(34)52)39(56)43-15-16-44-41(58)26-8-5-17-48(26)31(51)20-46-29(50)19-45-28(49)13-14-42-40(57)25-7-4-10-30(47-25)60-2;1-3-2;3*1-2/h3-4,6-7,9-10,21,26,52,54H,5,8,11-20H2,1-2H3,(H,42,57)(H,43,56)(H,44,58)(H,45,49)(H,46,50);1-2H3;3*1-2H3/t21?,26-;;;;/m0..../s1. The lowest BCUT2D eigenvalue weighted by atomic mass is 9.75. The third-order valence-electron chi connectivity index (χ3n) is 10.7. The molecular formula is C49H69N7O12S. The zero-order valence-electron chi connectivity index (χ0n) is 41.4. The van der Waals surface area contributed by atoms with Gasteiger partial charge in [0.05, 0.1) is 41.9 Å². The lowest BCUT2D eigenvalue weighted by Crippen LogP contribution is -2.50. The minimum absolute atomic E-state index is 0.000915. The number of amides is 6. The Balaban J connectivity index is 0.00000170. The van der Waals surface area contributed by atoms with Gasteiger partial charge in [-0.1, -0.05) is 59.7 Å². The van der Waals surface area contributed by atoms with E-state index in [9.17, 15) is 48.6 Å². The first-order valence-corrected chi connectivity index (χ1v) is 24.4. The van der Waals surface area contributed by atoms with Crippen LogP contribution in [0.2, 0.25) is 0 Å². The number of phenolic OH excluding ortho intramolecular Hbond substituents is 2. The highest BCUT2D eigenvalue weighted by Gasteiger charge is 2.41. The van der Waals surface area contributed by atoms with E-state index in [1.807, 2.05) is 47.8 Å². The van der Waals surface area contributed by atoms with Crippen LogP contribution in [0.1, 0.15) is 121 Å². The van der Waals surface area contributed by atoms with Crippen LogP contribution in [0.3, 0.4) is 0 Å². The van der Waals surface area contributed by atoms with Crippen molar-refractivity contribution in [2.24, 2.45) is 5.92 Å². The van der Waals surface area contributed by atoms with Gasteiger partial charge in [-0.15, -0.1) is 11.8 Å². The Morgan fingerprint density at radius 1 is 0.725 bits per heavy atom. The van der Waals surface area contributed by atoms with Crippen molar-refractivity contribution in [3.63, 3.8) is 0 Å². The lowest BCUT2D eigenvalue weighted by molar-refractivity contribution is -0.138. The Morgan fingerprint density at radius 2 is 1.33 bits per heavy atom. The molecule has 1 saturated heterocycles. The van der Waals surface area contributed by atoms with Crippen molar-refractivity contribution in [3.8, 4) is 17.2 Å². The minimum Gasteiger partial charge on any atom is -0.507 e. The highest BCUT2D eigenvalue weighted by molar-refractivity contribution is 7.98. The van der Waals surface area contributed by atoms with Crippen LogP contribution in [-0.2, 0) is 41.6 Å². The number of fused-ring (bicyclic) bond motifs is 3. The van der Waals surface area contributed by atoms with E-state index in [-0.39, 0.29) is 97.0 Å². The molecule has 7 N–H and O–H groups in total. The van der Waals surface area contributed by atoms with Crippen molar-refractivity contribution in [1.29, 1.82) is 0 Å². The molecule has 3 aliphatic rings. The predicted octanol–water partition coefficient (Wildman–Crippen LogP) is 3.72. The smallest absolute Gasteiger partial charge is 0.269 e. The highest BCUT2D eigenvalue weighted by Crippen LogP contribution is 2.47. The molecule has 0 spiro atoms. The SMILES string of the molecule is CC.CC.CC.COC.COc1cccc2c1C(=O)c1c(O)c3c(c(O)c1C2=O)CC(C(=O)NCCNC(=O)[C@@H]1CCCN1C(=O)CNC(=O)CNC(=O)CCNC(=O)c1cccc(SC)n1)CC3. The molecule has 2 aliphatic carbocycles. The molecule has 2 aromatic carbocycles. The fourth-order valence-corrected chi connectivity index (χ4v) is 8.05. The number of carbonyl (C=O) groups is 8. The van der Waals surface area contributed by atoms with Gasteiger partial charge in [0.2, 0.25) is 35.3 Å². The van der Waals surface area contributed by atoms with Crippen molar-refractivity contribution in [1.82, 2.24) is 36.5 Å². The van der Waals surface area contributed by atoms with Gasteiger partial charge in [0.15, 0.2) is 5.78 Å². The monoisotopic (exact) mass is 979 g/mol. The first-order valence-electron chi connectivity index (χ1n) is 23.2. The van der Waals surface area contributed by atoms with E-state index in [1.165, 1.54) is 35.9 Å². The summed E-state index contributed by atoms with van der Waals surface area (Å²) in [5.41, 5.74) is 0.177. The second-order valence-corrected chi connectivity index (χ2v) is 15.6. The third-order valence-corrected chi connectivity index (χ3v) is 11.3. The average molecular weight is 980 g/mol. The van der Waals surface area contributed by atoms with E-state index >= 15 is 0 Å². The Kier molecular flexibility index (Phi) is 25.5. The minimum atomic E-state index is -0.780. The molecule has 0 saturated carbocycles. The average Bonchev–Trinajstić information content (AvgIpc) is 3.89. The number of ketones is 2. The summed E-state index contributed by atoms with van der Waals surface area (Å²) in [6.07, 6.45) is 3.16. The molecule has 69 heavy (non-hydrogen) atoms.